The fraction of sp³-hybridized carbons (Fsp3) is 0.974. The molecule has 0 amide bonds. The topological polar surface area (TPSA) is 112 Å². The molecule has 1 N–H and O–H groups in total. The van der Waals surface area contributed by atoms with Crippen molar-refractivity contribution in [2.45, 2.75) is 143 Å². The predicted molar refractivity (Wildman–Crippen MR) is 185 cm³/mol. The minimum absolute atomic E-state index is 0.0220. The van der Waals surface area contributed by atoms with Crippen LogP contribution in [0.4, 0.5) is 0 Å². The summed E-state index contributed by atoms with van der Waals surface area (Å²) in [6.45, 7) is 18.7. The van der Waals surface area contributed by atoms with Gasteiger partial charge in [0.2, 0.25) is 10.0 Å². The van der Waals surface area contributed by atoms with Gasteiger partial charge in [0.05, 0.1) is 43.4 Å². The summed E-state index contributed by atoms with van der Waals surface area (Å²) in [7, 11) is -1.73. The molecule has 10 heteroatoms. The van der Waals surface area contributed by atoms with Crippen molar-refractivity contribution in [1.82, 2.24) is 4.31 Å². The number of aliphatic hydroxyl groups is 1. The average Bonchev–Trinajstić information content (AvgIpc) is 3.56. The van der Waals surface area contributed by atoms with E-state index in [2.05, 4.69) is 34.6 Å². The summed E-state index contributed by atoms with van der Waals surface area (Å²) in [5, 5.41) is 11.0. The summed E-state index contributed by atoms with van der Waals surface area (Å²) in [6.07, 6.45) is 10.9. The normalized spacial score (nSPS) is 45.3. The van der Waals surface area contributed by atoms with Crippen molar-refractivity contribution in [2.75, 3.05) is 39.7 Å². The molecule has 48 heavy (non-hydrogen) atoms. The lowest BCUT2D eigenvalue weighted by molar-refractivity contribution is -0.209. The van der Waals surface area contributed by atoms with Crippen LogP contribution in [0.1, 0.15) is 113 Å². The molecule has 5 aliphatic carbocycles. The molecule has 4 unspecified atom stereocenters. The van der Waals surface area contributed by atoms with Crippen molar-refractivity contribution in [2.24, 2.45) is 50.7 Å². The number of carbonyl (C=O) groups excluding carboxylic acids is 1. The zero-order valence-corrected chi connectivity index (χ0v) is 32.3. The van der Waals surface area contributed by atoms with Gasteiger partial charge in [-0.2, -0.15) is 4.31 Å². The Balaban J connectivity index is 1.18. The second-order valence-corrected chi connectivity index (χ2v) is 20.7. The van der Waals surface area contributed by atoms with Crippen LogP contribution in [0.5, 0.6) is 0 Å². The van der Waals surface area contributed by atoms with E-state index in [1.165, 1.54) is 56.0 Å². The van der Waals surface area contributed by atoms with Gasteiger partial charge < -0.3 is 24.1 Å². The van der Waals surface area contributed by atoms with Gasteiger partial charge in [0.1, 0.15) is 0 Å². The Morgan fingerprint density at radius 2 is 1.65 bits per heavy atom. The molecule has 1 heterocycles. The number of nitrogens with zero attached hydrogens (tertiary/aromatic N) is 1. The molecule has 0 aromatic heterocycles. The highest BCUT2D eigenvalue weighted by molar-refractivity contribution is 7.88. The van der Waals surface area contributed by atoms with Gasteiger partial charge in [0.25, 0.3) is 0 Å². The Bertz CT molecular complexity index is 1350. The Kier molecular flexibility index (Phi) is 9.36. The monoisotopic (exact) mass is 695 g/mol. The molecule has 0 radical (unpaired) electrons. The maximum atomic E-state index is 12.3. The van der Waals surface area contributed by atoms with Crippen LogP contribution in [-0.2, 0) is 33.8 Å². The third-order valence-corrected chi connectivity index (χ3v) is 17.0. The van der Waals surface area contributed by atoms with E-state index in [1.807, 2.05) is 0 Å². The van der Waals surface area contributed by atoms with Gasteiger partial charge in [-0.1, -0.05) is 34.6 Å². The number of methoxy groups -OCH3 is 1. The van der Waals surface area contributed by atoms with E-state index in [-0.39, 0.29) is 40.5 Å². The number of carbonyl (C=O) groups is 1. The van der Waals surface area contributed by atoms with E-state index in [9.17, 15) is 18.3 Å². The number of hydrogen-bond acceptors (Lipinski definition) is 8. The molecule has 2 spiro atoms. The first-order chi connectivity index (χ1) is 22.2. The van der Waals surface area contributed by atoms with Crippen LogP contribution >= 0.6 is 0 Å². The fourth-order valence-corrected chi connectivity index (χ4v) is 14.4. The second-order valence-electron chi connectivity index (χ2n) is 18.7. The van der Waals surface area contributed by atoms with Gasteiger partial charge in [-0.3, -0.25) is 4.79 Å². The van der Waals surface area contributed by atoms with E-state index in [1.54, 1.807) is 21.0 Å². The van der Waals surface area contributed by atoms with Gasteiger partial charge in [0, 0.05) is 27.1 Å². The third-order valence-electron chi connectivity index (χ3n) is 15.6. The van der Waals surface area contributed by atoms with Crippen LogP contribution in [-0.4, -0.2) is 93.5 Å². The Labute approximate surface area is 290 Å². The number of fused-ring (bicyclic) bond motifs is 4. The zero-order valence-electron chi connectivity index (χ0n) is 31.5. The first-order valence-corrected chi connectivity index (χ1v) is 20.6. The van der Waals surface area contributed by atoms with E-state index in [0.29, 0.717) is 60.8 Å². The van der Waals surface area contributed by atoms with Gasteiger partial charge >= 0.3 is 5.97 Å². The lowest BCUT2D eigenvalue weighted by atomic mass is 9.41. The molecule has 12 atom stereocenters. The highest BCUT2D eigenvalue weighted by Gasteiger charge is 2.83. The highest BCUT2D eigenvalue weighted by Crippen LogP contribution is 2.89. The third kappa shape index (κ3) is 5.55. The molecular formula is C38H65NO8S. The fourth-order valence-electron chi connectivity index (χ4n) is 13.6. The molecule has 0 aromatic rings. The quantitative estimate of drug-likeness (QED) is 0.269. The van der Waals surface area contributed by atoms with Gasteiger partial charge in [-0.25, -0.2) is 8.42 Å². The van der Waals surface area contributed by atoms with Crippen molar-refractivity contribution >= 4 is 16.0 Å². The van der Waals surface area contributed by atoms with Crippen LogP contribution < -0.4 is 0 Å². The molecule has 6 aliphatic rings. The lowest BCUT2D eigenvalue weighted by Gasteiger charge is -2.63. The standard InChI is InChI=1S/C38H65NO8S/c1-24-21-26(32(34(5,6)41)46-25(2)40)47-27-22-36(8)29-12-11-28-33(3,4)30(45-20-18-39(17-19-44-9)48(10,42)43)13-14-37(28)23-38(29,37)16-15-35(36,7)31(24)27/h24,26-32,41H,11-23H2,1-10H3/t24-,26?,27?,28?,29+,30+,31?,32+,35-,36+,37-,38+/m1/s1. The van der Waals surface area contributed by atoms with Crippen LogP contribution in [0.15, 0.2) is 0 Å². The number of ether oxygens (including phenoxy) is 4. The summed E-state index contributed by atoms with van der Waals surface area (Å²) in [6, 6.07) is 0. The van der Waals surface area contributed by atoms with Crippen LogP contribution in [0.3, 0.4) is 0 Å². The first kappa shape index (κ1) is 37.0. The zero-order chi connectivity index (χ0) is 35.3. The average molecular weight is 696 g/mol. The van der Waals surface area contributed by atoms with E-state index in [4.69, 9.17) is 18.9 Å². The minimum Gasteiger partial charge on any atom is -0.457 e. The van der Waals surface area contributed by atoms with Crippen molar-refractivity contribution in [3.05, 3.63) is 0 Å². The predicted octanol–water partition coefficient (Wildman–Crippen LogP) is 5.82. The van der Waals surface area contributed by atoms with E-state index in [0.717, 1.165) is 19.3 Å². The Morgan fingerprint density at radius 3 is 2.27 bits per heavy atom. The summed E-state index contributed by atoms with van der Waals surface area (Å²) in [5.74, 6) is 1.76. The minimum atomic E-state index is -3.32. The van der Waals surface area contributed by atoms with Crippen molar-refractivity contribution in [3.8, 4) is 0 Å². The molecular weight excluding hydrogens is 630 g/mol. The molecule has 0 bridgehead atoms. The van der Waals surface area contributed by atoms with Crippen LogP contribution in [0.25, 0.3) is 0 Å². The smallest absolute Gasteiger partial charge is 0.303 e. The van der Waals surface area contributed by atoms with Crippen LogP contribution in [0, 0.1) is 50.7 Å². The number of esters is 1. The van der Waals surface area contributed by atoms with Gasteiger partial charge in [-0.15, -0.1) is 0 Å². The summed E-state index contributed by atoms with van der Waals surface area (Å²) >= 11 is 0. The molecule has 6 rings (SSSR count). The van der Waals surface area contributed by atoms with E-state index < -0.39 is 21.7 Å². The molecule has 276 valence electrons. The number of rotatable bonds is 11. The summed E-state index contributed by atoms with van der Waals surface area (Å²) < 4.78 is 50.6. The van der Waals surface area contributed by atoms with E-state index >= 15 is 0 Å². The number of hydrogen-bond donors (Lipinski definition) is 1. The number of sulfonamides is 1. The molecule has 1 aliphatic heterocycles. The SMILES string of the molecule is COCCN(CCO[C@H]1CC[C@]23C[C@]24CC[C@]2(C)C5C(C[C@@]2(C)[C@@H]4CCC3C1(C)C)OC([C@H](OC(C)=O)C(C)(C)O)C[C@H]5C)S(C)(=O)=O. The summed E-state index contributed by atoms with van der Waals surface area (Å²) in [5.41, 5.74) is -0.0668. The summed E-state index contributed by atoms with van der Waals surface area (Å²) in [4.78, 5) is 12.1. The Hall–Kier alpha value is -0.780. The van der Waals surface area contributed by atoms with Crippen molar-refractivity contribution in [1.29, 1.82) is 0 Å². The second kappa shape index (κ2) is 12.1. The molecule has 5 saturated carbocycles. The van der Waals surface area contributed by atoms with Crippen LogP contribution in [0.2, 0.25) is 0 Å². The molecule has 1 saturated heterocycles. The van der Waals surface area contributed by atoms with Gasteiger partial charge in [0.15, 0.2) is 6.10 Å². The maximum absolute atomic E-state index is 12.3. The van der Waals surface area contributed by atoms with Gasteiger partial charge in [-0.05, 0) is 122 Å². The largest absolute Gasteiger partial charge is 0.457 e. The van der Waals surface area contributed by atoms with Crippen molar-refractivity contribution < 1.29 is 37.3 Å². The van der Waals surface area contributed by atoms with Crippen molar-refractivity contribution in [3.63, 3.8) is 0 Å². The maximum Gasteiger partial charge on any atom is 0.303 e. The Morgan fingerprint density at radius 1 is 1.00 bits per heavy atom. The lowest BCUT2D eigenvalue weighted by Crippen LogP contribution is -2.58. The molecule has 0 aromatic carbocycles. The molecule has 9 nitrogen and oxygen atoms in total. The molecule has 6 fully saturated rings. The first-order valence-electron chi connectivity index (χ1n) is 18.8. The highest BCUT2D eigenvalue weighted by atomic mass is 32.2.